The molecule has 0 aromatic heterocycles. The summed E-state index contributed by atoms with van der Waals surface area (Å²) in [6.07, 6.45) is 5.09. The first-order chi connectivity index (χ1) is 8.64. The molecule has 2 saturated heterocycles. The van der Waals surface area contributed by atoms with Crippen molar-refractivity contribution in [2.75, 3.05) is 33.5 Å². The Hall–Kier alpha value is -0.160. The van der Waals surface area contributed by atoms with Crippen LogP contribution in [0.4, 0.5) is 0 Å². The first kappa shape index (κ1) is 14.3. The van der Waals surface area contributed by atoms with Crippen LogP contribution in [0.3, 0.4) is 0 Å². The zero-order chi connectivity index (χ0) is 13.1. The highest BCUT2D eigenvalue weighted by Gasteiger charge is 2.45. The topological polar surface area (TPSA) is 53.7 Å². The summed E-state index contributed by atoms with van der Waals surface area (Å²) in [7, 11) is 1.74. The van der Waals surface area contributed by atoms with E-state index in [1.54, 1.807) is 7.11 Å². The summed E-state index contributed by atoms with van der Waals surface area (Å²) in [5.41, 5.74) is 6.38. The highest BCUT2D eigenvalue weighted by molar-refractivity contribution is 4.98. The van der Waals surface area contributed by atoms with E-state index in [4.69, 9.17) is 19.9 Å². The van der Waals surface area contributed by atoms with E-state index in [1.165, 1.54) is 0 Å². The van der Waals surface area contributed by atoms with Crippen LogP contribution >= 0.6 is 0 Å². The molecule has 2 N–H and O–H groups in total. The molecule has 4 heteroatoms. The average Bonchev–Trinajstić information content (AvgIpc) is 2.40. The Bertz CT molecular complexity index is 260. The molecule has 2 aliphatic rings. The molecule has 106 valence electrons. The summed E-state index contributed by atoms with van der Waals surface area (Å²) in [6.45, 7) is 5.26. The van der Waals surface area contributed by atoms with E-state index in [2.05, 4.69) is 6.92 Å². The monoisotopic (exact) mass is 257 g/mol. The molecule has 0 aromatic carbocycles. The minimum atomic E-state index is -0.205. The van der Waals surface area contributed by atoms with Crippen LogP contribution in [0.25, 0.3) is 0 Å². The average molecular weight is 257 g/mol. The number of hydrogen-bond acceptors (Lipinski definition) is 4. The molecule has 2 aliphatic heterocycles. The second-order valence-electron chi connectivity index (χ2n) is 5.85. The molecule has 18 heavy (non-hydrogen) atoms. The summed E-state index contributed by atoms with van der Waals surface area (Å²) < 4.78 is 16.9. The van der Waals surface area contributed by atoms with Crippen LogP contribution in [0.1, 0.15) is 39.0 Å². The molecule has 0 aromatic rings. The molecule has 2 unspecified atom stereocenters. The van der Waals surface area contributed by atoms with E-state index < -0.39 is 0 Å². The minimum absolute atomic E-state index is 0.0225. The molecule has 0 amide bonds. The lowest BCUT2D eigenvalue weighted by molar-refractivity contribution is -0.157. The quantitative estimate of drug-likeness (QED) is 0.833. The molecule has 0 aliphatic carbocycles. The summed E-state index contributed by atoms with van der Waals surface area (Å²) in [4.78, 5) is 0. The number of nitrogens with two attached hydrogens (primary N) is 1. The van der Waals surface area contributed by atoms with E-state index >= 15 is 0 Å². The van der Waals surface area contributed by atoms with Crippen LogP contribution in [-0.2, 0) is 14.2 Å². The van der Waals surface area contributed by atoms with Gasteiger partial charge in [0, 0.05) is 32.5 Å². The van der Waals surface area contributed by atoms with Crippen LogP contribution in [0.15, 0.2) is 0 Å². The van der Waals surface area contributed by atoms with Gasteiger partial charge in [0.25, 0.3) is 0 Å². The van der Waals surface area contributed by atoms with Gasteiger partial charge >= 0.3 is 0 Å². The van der Waals surface area contributed by atoms with E-state index in [0.717, 1.165) is 51.9 Å². The molecule has 2 heterocycles. The predicted octanol–water partition coefficient (Wildman–Crippen LogP) is 1.72. The molecule has 2 fully saturated rings. The Morgan fingerprint density at radius 1 is 1.33 bits per heavy atom. The van der Waals surface area contributed by atoms with Crippen molar-refractivity contribution >= 4 is 0 Å². The van der Waals surface area contributed by atoms with Crippen LogP contribution in [0.2, 0.25) is 0 Å². The lowest BCUT2D eigenvalue weighted by Crippen LogP contribution is -2.56. The number of methoxy groups -OCH3 is 1. The Labute approximate surface area is 110 Å². The van der Waals surface area contributed by atoms with Crippen molar-refractivity contribution in [2.24, 2.45) is 11.7 Å². The second kappa shape index (κ2) is 5.87. The standard InChI is InChI=1S/C14H27NO3/c1-3-14(15,11-16-2)12-4-7-18-13(10-12)5-8-17-9-6-13/h12H,3-11,15H2,1-2H3. The summed E-state index contributed by atoms with van der Waals surface area (Å²) in [6, 6.07) is 0. The Morgan fingerprint density at radius 3 is 2.67 bits per heavy atom. The van der Waals surface area contributed by atoms with Gasteiger partial charge in [0.2, 0.25) is 0 Å². The van der Waals surface area contributed by atoms with E-state index in [9.17, 15) is 0 Å². The smallest absolute Gasteiger partial charge is 0.0729 e. The maximum absolute atomic E-state index is 6.56. The maximum atomic E-state index is 6.56. The van der Waals surface area contributed by atoms with Gasteiger partial charge in [-0.3, -0.25) is 0 Å². The lowest BCUT2D eigenvalue weighted by atomic mass is 9.71. The van der Waals surface area contributed by atoms with Gasteiger partial charge < -0.3 is 19.9 Å². The van der Waals surface area contributed by atoms with E-state index in [1.807, 2.05) is 0 Å². The van der Waals surface area contributed by atoms with E-state index in [-0.39, 0.29) is 11.1 Å². The SMILES string of the molecule is CCC(N)(COC)C1CCOC2(CCOCC2)C1. The lowest BCUT2D eigenvalue weighted by Gasteiger charge is -2.48. The summed E-state index contributed by atoms with van der Waals surface area (Å²) in [5.74, 6) is 0.495. The van der Waals surface area contributed by atoms with Crippen molar-refractivity contribution in [2.45, 2.75) is 50.2 Å². The molecule has 0 saturated carbocycles. The van der Waals surface area contributed by atoms with Crippen molar-refractivity contribution in [1.29, 1.82) is 0 Å². The van der Waals surface area contributed by atoms with Gasteiger partial charge in [-0.2, -0.15) is 0 Å². The van der Waals surface area contributed by atoms with Crippen molar-refractivity contribution < 1.29 is 14.2 Å². The highest BCUT2D eigenvalue weighted by atomic mass is 16.5. The molecule has 1 spiro atoms. The number of rotatable bonds is 4. The third-order valence-electron chi connectivity index (χ3n) is 4.78. The van der Waals surface area contributed by atoms with Gasteiger partial charge in [0.05, 0.1) is 12.2 Å². The van der Waals surface area contributed by atoms with Gasteiger partial charge in [0.1, 0.15) is 0 Å². The molecule has 2 atom stereocenters. The van der Waals surface area contributed by atoms with Crippen molar-refractivity contribution in [1.82, 2.24) is 0 Å². The van der Waals surface area contributed by atoms with Crippen molar-refractivity contribution in [3.63, 3.8) is 0 Å². The fourth-order valence-electron chi connectivity index (χ4n) is 3.39. The van der Waals surface area contributed by atoms with Gasteiger partial charge in [-0.1, -0.05) is 6.92 Å². The molecular weight excluding hydrogens is 230 g/mol. The number of ether oxygens (including phenoxy) is 3. The van der Waals surface area contributed by atoms with Gasteiger partial charge in [0.15, 0.2) is 0 Å². The normalized spacial score (nSPS) is 31.2. The second-order valence-corrected chi connectivity index (χ2v) is 5.85. The molecular formula is C14H27NO3. The summed E-state index contributed by atoms with van der Waals surface area (Å²) >= 11 is 0. The van der Waals surface area contributed by atoms with Crippen LogP contribution < -0.4 is 5.73 Å². The van der Waals surface area contributed by atoms with Crippen LogP contribution in [0.5, 0.6) is 0 Å². The van der Waals surface area contributed by atoms with Crippen LogP contribution in [0, 0.1) is 5.92 Å². The Morgan fingerprint density at radius 2 is 2.06 bits per heavy atom. The zero-order valence-electron chi connectivity index (χ0n) is 11.7. The fraction of sp³-hybridized carbons (Fsp3) is 1.00. The first-order valence-corrected chi connectivity index (χ1v) is 7.14. The van der Waals surface area contributed by atoms with E-state index in [0.29, 0.717) is 12.5 Å². The van der Waals surface area contributed by atoms with Gasteiger partial charge in [-0.05, 0) is 38.0 Å². The fourth-order valence-corrected chi connectivity index (χ4v) is 3.39. The molecule has 0 radical (unpaired) electrons. The minimum Gasteiger partial charge on any atom is -0.383 e. The predicted molar refractivity (Wildman–Crippen MR) is 70.5 cm³/mol. The largest absolute Gasteiger partial charge is 0.383 e. The molecule has 0 bridgehead atoms. The highest BCUT2D eigenvalue weighted by Crippen LogP contribution is 2.41. The molecule has 4 nitrogen and oxygen atoms in total. The Kier molecular flexibility index (Phi) is 4.64. The number of hydrogen-bond donors (Lipinski definition) is 1. The zero-order valence-corrected chi connectivity index (χ0v) is 11.7. The first-order valence-electron chi connectivity index (χ1n) is 7.14. The van der Waals surface area contributed by atoms with Gasteiger partial charge in [-0.15, -0.1) is 0 Å². The van der Waals surface area contributed by atoms with Crippen molar-refractivity contribution in [3.8, 4) is 0 Å². The third-order valence-corrected chi connectivity index (χ3v) is 4.78. The Balaban J connectivity index is 2.04. The van der Waals surface area contributed by atoms with Gasteiger partial charge in [-0.25, -0.2) is 0 Å². The van der Waals surface area contributed by atoms with Crippen molar-refractivity contribution in [3.05, 3.63) is 0 Å². The maximum Gasteiger partial charge on any atom is 0.0729 e. The van der Waals surface area contributed by atoms with Crippen LogP contribution in [-0.4, -0.2) is 44.7 Å². The third kappa shape index (κ3) is 2.87. The summed E-state index contributed by atoms with van der Waals surface area (Å²) in [5, 5.41) is 0. The molecule has 2 rings (SSSR count).